The number of aromatic nitrogens is 2. The van der Waals surface area contributed by atoms with Gasteiger partial charge in [0.15, 0.2) is 0 Å². The normalized spacial score (nSPS) is 15.8. The maximum atomic E-state index is 6.40. The molecule has 1 aromatic carbocycles. The highest BCUT2D eigenvalue weighted by molar-refractivity contribution is 6.43. The summed E-state index contributed by atoms with van der Waals surface area (Å²) in [5.74, 6) is 0. The predicted octanol–water partition coefficient (Wildman–Crippen LogP) is 3.22. The molecule has 0 bridgehead atoms. The second kappa shape index (κ2) is 6.96. The molecule has 0 atom stereocenters. The highest BCUT2D eigenvalue weighted by atomic mass is 35.5. The Labute approximate surface area is 157 Å². The highest BCUT2D eigenvalue weighted by Gasteiger charge is 2.17. The Morgan fingerprint density at radius 2 is 2.00 bits per heavy atom. The Morgan fingerprint density at radius 1 is 1.20 bits per heavy atom. The van der Waals surface area contributed by atoms with Crippen LogP contribution in [0.4, 0.5) is 0 Å². The molecular formula is C19H21Cl2N4+. The van der Waals surface area contributed by atoms with Crippen molar-refractivity contribution in [3.63, 3.8) is 0 Å². The van der Waals surface area contributed by atoms with Crippen molar-refractivity contribution < 1.29 is 5.32 Å². The predicted molar refractivity (Wildman–Crippen MR) is 103 cm³/mol. The van der Waals surface area contributed by atoms with Crippen molar-refractivity contribution in [3.8, 4) is 11.1 Å². The van der Waals surface area contributed by atoms with Crippen LogP contribution in [0.3, 0.4) is 0 Å². The minimum absolute atomic E-state index is 0.559. The molecule has 130 valence electrons. The number of aryl methyl sites for hydroxylation is 1. The average molecular weight is 376 g/mol. The molecule has 0 aliphatic carbocycles. The Hall–Kier alpha value is -1.59. The van der Waals surface area contributed by atoms with E-state index < -0.39 is 0 Å². The molecular weight excluding hydrogens is 355 g/mol. The van der Waals surface area contributed by atoms with Crippen LogP contribution in [0.5, 0.6) is 0 Å². The van der Waals surface area contributed by atoms with Gasteiger partial charge in [0.2, 0.25) is 0 Å². The van der Waals surface area contributed by atoms with Gasteiger partial charge in [-0.05, 0) is 24.6 Å². The van der Waals surface area contributed by atoms with Crippen molar-refractivity contribution in [3.05, 3.63) is 51.8 Å². The number of pyridine rings is 1. The molecule has 0 unspecified atom stereocenters. The minimum Gasteiger partial charge on any atom is -0.359 e. The zero-order chi connectivity index (χ0) is 17.4. The van der Waals surface area contributed by atoms with Crippen LogP contribution in [-0.4, -0.2) is 41.0 Å². The lowest BCUT2D eigenvalue weighted by molar-refractivity contribution is -0.663. The van der Waals surface area contributed by atoms with Gasteiger partial charge in [-0.2, -0.15) is 0 Å². The topological polar surface area (TPSA) is 48.5 Å². The van der Waals surface area contributed by atoms with Gasteiger partial charge in [-0.15, -0.1) is 0 Å². The van der Waals surface area contributed by atoms with E-state index in [9.17, 15) is 0 Å². The number of fused-ring (bicyclic) bond motifs is 1. The van der Waals surface area contributed by atoms with Crippen LogP contribution >= 0.6 is 23.2 Å². The lowest BCUT2D eigenvalue weighted by Crippen LogP contribution is -2.89. The van der Waals surface area contributed by atoms with Crippen molar-refractivity contribution >= 4 is 34.2 Å². The summed E-state index contributed by atoms with van der Waals surface area (Å²) >= 11 is 12.6. The summed E-state index contributed by atoms with van der Waals surface area (Å²) in [4.78, 5) is 10.7. The molecule has 1 aliphatic heterocycles. The zero-order valence-corrected chi connectivity index (χ0v) is 15.7. The Balaban J connectivity index is 1.72. The molecule has 1 fully saturated rings. The lowest BCUT2D eigenvalue weighted by atomic mass is 10.1. The Morgan fingerprint density at radius 3 is 2.80 bits per heavy atom. The number of benzene rings is 1. The van der Waals surface area contributed by atoms with E-state index in [1.807, 2.05) is 18.3 Å². The number of H-pyrrole nitrogens is 1. The van der Waals surface area contributed by atoms with Crippen LogP contribution in [0.15, 0.2) is 30.5 Å². The van der Waals surface area contributed by atoms with E-state index in [4.69, 9.17) is 28.2 Å². The molecule has 0 radical (unpaired) electrons. The quantitative estimate of drug-likeness (QED) is 0.738. The highest BCUT2D eigenvalue weighted by Crippen LogP contribution is 2.36. The number of hydrogen-bond donors (Lipinski definition) is 2. The molecule has 3 aromatic rings. The maximum Gasteiger partial charge on any atom is 0.0961 e. The van der Waals surface area contributed by atoms with E-state index in [-0.39, 0.29) is 0 Å². The second-order valence-corrected chi connectivity index (χ2v) is 7.36. The first kappa shape index (κ1) is 16.9. The SMILES string of the molecule is Cc1nc2c(-c3cccc(Cl)c3Cl)c[nH]c2cc1CN1CC[NH2+]CC1. The number of nitrogens with zero attached hydrogens (tertiary/aromatic N) is 2. The van der Waals surface area contributed by atoms with Crippen molar-refractivity contribution in [1.82, 2.24) is 14.9 Å². The van der Waals surface area contributed by atoms with Crippen LogP contribution in [0, 0.1) is 6.92 Å². The van der Waals surface area contributed by atoms with Crippen molar-refractivity contribution in [2.75, 3.05) is 26.2 Å². The van der Waals surface area contributed by atoms with E-state index in [2.05, 4.69) is 28.2 Å². The zero-order valence-electron chi connectivity index (χ0n) is 14.1. The molecule has 4 nitrogen and oxygen atoms in total. The number of hydrogen-bond acceptors (Lipinski definition) is 2. The van der Waals surface area contributed by atoms with E-state index in [0.29, 0.717) is 10.0 Å². The minimum atomic E-state index is 0.559. The third-order valence-corrected chi connectivity index (χ3v) is 5.70. The fourth-order valence-electron chi connectivity index (χ4n) is 3.46. The van der Waals surface area contributed by atoms with Crippen LogP contribution in [-0.2, 0) is 6.54 Å². The molecule has 0 saturated carbocycles. The molecule has 25 heavy (non-hydrogen) atoms. The Bertz CT molecular complexity index is 913. The summed E-state index contributed by atoms with van der Waals surface area (Å²) in [6, 6.07) is 7.91. The van der Waals surface area contributed by atoms with E-state index in [0.717, 1.165) is 47.5 Å². The van der Waals surface area contributed by atoms with Crippen molar-refractivity contribution in [2.24, 2.45) is 0 Å². The molecule has 2 aromatic heterocycles. The molecule has 3 heterocycles. The summed E-state index contributed by atoms with van der Waals surface area (Å²) in [5.41, 5.74) is 6.23. The van der Waals surface area contributed by atoms with Crippen LogP contribution in [0.25, 0.3) is 22.2 Å². The van der Waals surface area contributed by atoms with Gasteiger partial charge in [0.05, 0.1) is 34.2 Å². The van der Waals surface area contributed by atoms with Gasteiger partial charge in [0, 0.05) is 42.7 Å². The first-order chi connectivity index (χ1) is 12.1. The van der Waals surface area contributed by atoms with E-state index in [1.165, 1.54) is 18.7 Å². The summed E-state index contributed by atoms with van der Waals surface area (Å²) in [7, 11) is 0. The number of rotatable bonds is 3. The van der Waals surface area contributed by atoms with Crippen molar-refractivity contribution in [2.45, 2.75) is 13.5 Å². The van der Waals surface area contributed by atoms with Gasteiger partial charge in [-0.25, -0.2) is 0 Å². The van der Waals surface area contributed by atoms with Crippen LogP contribution in [0.2, 0.25) is 10.0 Å². The number of nitrogens with two attached hydrogens (primary N) is 1. The maximum absolute atomic E-state index is 6.40. The molecule has 0 amide bonds. The second-order valence-electron chi connectivity index (χ2n) is 6.57. The molecule has 6 heteroatoms. The average Bonchev–Trinajstić information content (AvgIpc) is 3.01. The Kier molecular flexibility index (Phi) is 4.69. The van der Waals surface area contributed by atoms with Gasteiger partial charge >= 0.3 is 0 Å². The standard InChI is InChI=1S/C19H20Cl2N4/c1-12-13(11-25-7-5-22-6-8-25)9-17-19(24-12)15(10-23-17)14-3-2-4-16(20)18(14)21/h2-4,9-10,22-23H,5-8,11H2,1H3/p+1. The first-order valence-corrected chi connectivity index (χ1v) is 9.35. The fraction of sp³-hybridized carbons (Fsp3) is 0.316. The monoisotopic (exact) mass is 375 g/mol. The van der Waals surface area contributed by atoms with Gasteiger partial charge in [0.25, 0.3) is 0 Å². The number of piperazine rings is 1. The summed E-state index contributed by atoms with van der Waals surface area (Å²) in [6.45, 7) is 7.65. The summed E-state index contributed by atoms with van der Waals surface area (Å²) in [5, 5.41) is 3.50. The third-order valence-electron chi connectivity index (χ3n) is 4.88. The van der Waals surface area contributed by atoms with Gasteiger partial charge in [-0.3, -0.25) is 9.88 Å². The van der Waals surface area contributed by atoms with Crippen molar-refractivity contribution in [1.29, 1.82) is 0 Å². The number of nitrogens with one attached hydrogen (secondary N) is 1. The number of halogens is 2. The summed E-state index contributed by atoms with van der Waals surface area (Å²) in [6.07, 6.45) is 1.97. The molecule has 0 spiro atoms. The molecule has 1 aliphatic rings. The molecule has 1 saturated heterocycles. The van der Waals surface area contributed by atoms with Gasteiger partial charge < -0.3 is 10.3 Å². The number of quaternary nitrogens is 1. The molecule has 4 rings (SSSR count). The van der Waals surface area contributed by atoms with Gasteiger partial charge in [-0.1, -0.05) is 35.3 Å². The lowest BCUT2D eigenvalue weighted by Gasteiger charge is -2.25. The number of aromatic amines is 1. The van der Waals surface area contributed by atoms with Crippen LogP contribution in [0.1, 0.15) is 11.3 Å². The smallest absolute Gasteiger partial charge is 0.0961 e. The van der Waals surface area contributed by atoms with Gasteiger partial charge in [0.1, 0.15) is 0 Å². The molecule has 3 N–H and O–H groups in total. The van der Waals surface area contributed by atoms with E-state index >= 15 is 0 Å². The largest absolute Gasteiger partial charge is 0.359 e. The fourth-order valence-corrected chi connectivity index (χ4v) is 3.86. The summed E-state index contributed by atoms with van der Waals surface area (Å²) < 4.78 is 0. The van der Waals surface area contributed by atoms with Crippen LogP contribution < -0.4 is 5.32 Å². The first-order valence-electron chi connectivity index (χ1n) is 8.59. The van der Waals surface area contributed by atoms with E-state index in [1.54, 1.807) is 6.07 Å². The third kappa shape index (κ3) is 3.27.